The van der Waals surface area contributed by atoms with Crippen LogP contribution in [0.2, 0.25) is 0 Å². The molecule has 1 saturated heterocycles. The SMILES string of the molecule is Cc1ccc(F)cc1S(=O)(=O)NCCCN1CCCCCC1=O. The first-order valence-electron chi connectivity index (χ1n) is 7.94. The number of amides is 1. The predicted molar refractivity (Wildman–Crippen MR) is 86.0 cm³/mol. The van der Waals surface area contributed by atoms with E-state index in [1.807, 2.05) is 0 Å². The summed E-state index contributed by atoms with van der Waals surface area (Å²) in [5.41, 5.74) is 0.501. The lowest BCUT2D eigenvalue weighted by molar-refractivity contribution is -0.130. The van der Waals surface area contributed by atoms with Crippen molar-refractivity contribution < 1.29 is 17.6 Å². The van der Waals surface area contributed by atoms with E-state index in [0.29, 0.717) is 24.9 Å². The first-order chi connectivity index (χ1) is 10.9. The maximum absolute atomic E-state index is 13.3. The molecule has 1 aliphatic rings. The van der Waals surface area contributed by atoms with E-state index in [9.17, 15) is 17.6 Å². The van der Waals surface area contributed by atoms with Gasteiger partial charge in [-0.1, -0.05) is 12.5 Å². The van der Waals surface area contributed by atoms with Crippen LogP contribution in [0.1, 0.15) is 37.7 Å². The van der Waals surface area contributed by atoms with Gasteiger partial charge < -0.3 is 4.90 Å². The van der Waals surface area contributed by atoms with Crippen molar-refractivity contribution in [2.75, 3.05) is 19.6 Å². The molecule has 23 heavy (non-hydrogen) atoms. The molecule has 128 valence electrons. The van der Waals surface area contributed by atoms with Crippen molar-refractivity contribution in [2.45, 2.75) is 43.9 Å². The second kappa shape index (κ2) is 7.88. The van der Waals surface area contributed by atoms with Crippen LogP contribution in [-0.4, -0.2) is 38.9 Å². The van der Waals surface area contributed by atoms with Crippen molar-refractivity contribution in [3.05, 3.63) is 29.6 Å². The Balaban J connectivity index is 1.87. The van der Waals surface area contributed by atoms with Gasteiger partial charge in [-0.05, 0) is 43.9 Å². The first kappa shape index (κ1) is 17.9. The van der Waals surface area contributed by atoms with E-state index in [0.717, 1.165) is 31.9 Å². The van der Waals surface area contributed by atoms with Crippen LogP contribution in [0.3, 0.4) is 0 Å². The monoisotopic (exact) mass is 342 g/mol. The standard InChI is InChI=1S/C16H23FN2O3S/c1-13-7-8-14(17)12-15(13)23(21,22)18-9-5-11-19-10-4-2-3-6-16(19)20/h7-8,12,18H,2-6,9-11H2,1H3. The van der Waals surface area contributed by atoms with E-state index in [2.05, 4.69) is 4.72 Å². The molecule has 1 fully saturated rings. The largest absolute Gasteiger partial charge is 0.343 e. The van der Waals surface area contributed by atoms with Gasteiger partial charge in [0.25, 0.3) is 0 Å². The number of benzene rings is 1. The van der Waals surface area contributed by atoms with Crippen LogP contribution in [0.5, 0.6) is 0 Å². The Bertz CT molecular complexity index is 661. The van der Waals surface area contributed by atoms with Crippen molar-refractivity contribution >= 4 is 15.9 Å². The fourth-order valence-electron chi connectivity index (χ4n) is 2.69. The van der Waals surface area contributed by atoms with Gasteiger partial charge in [0.05, 0.1) is 4.90 Å². The molecular weight excluding hydrogens is 319 g/mol. The highest BCUT2D eigenvalue weighted by molar-refractivity contribution is 7.89. The van der Waals surface area contributed by atoms with E-state index in [-0.39, 0.29) is 17.3 Å². The van der Waals surface area contributed by atoms with Crippen molar-refractivity contribution in [3.63, 3.8) is 0 Å². The Morgan fingerprint density at radius 2 is 2.04 bits per heavy atom. The molecule has 1 N–H and O–H groups in total. The van der Waals surface area contributed by atoms with E-state index >= 15 is 0 Å². The lowest BCUT2D eigenvalue weighted by atomic mass is 10.2. The van der Waals surface area contributed by atoms with Crippen LogP contribution < -0.4 is 4.72 Å². The zero-order valence-electron chi connectivity index (χ0n) is 13.3. The summed E-state index contributed by atoms with van der Waals surface area (Å²) >= 11 is 0. The van der Waals surface area contributed by atoms with E-state index in [1.54, 1.807) is 11.8 Å². The number of carbonyl (C=O) groups excluding carboxylic acids is 1. The molecule has 1 aromatic rings. The van der Waals surface area contributed by atoms with Gasteiger partial charge in [-0.3, -0.25) is 4.79 Å². The summed E-state index contributed by atoms with van der Waals surface area (Å²) in [7, 11) is -3.73. The number of hydrogen-bond acceptors (Lipinski definition) is 3. The average Bonchev–Trinajstić information content (AvgIpc) is 2.71. The van der Waals surface area contributed by atoms with Crippen LogP contribution in [0.15, 0.2) is 23.1 Å². The van der Waals surface area contributed by atoms with E-state index in [4.69, 9.17) is 0 Å². The van der Waals surface area contributed by atoms with Crippen LogP contribution in [0.4, 0.5) is 4.39 Å². The third-order valence-corrected chi connectivity index (χ3v) is 5.61. The quantitative estimate of drug-likeness (QED) is 0.806. The molecule has 1 amide bonds. The third-order valence-electron chi connectivity index (χ3n) is 4.01. The van der Waals surface area contributed by atoms with Crippen LogP contribution in [-0.2, 0) is 14.8 Å². The zero-order valence-corrected chi connectivity index (χ0v) is 14.2. The van der Waals surface area contributed by atoms with E-state index in [1.165, 1.54) is 12.1 Å². The van der Waals surface area contributed by atoms with Crippen LogP contribution in [0.25, 0.3) is 0 Å². The number of carbonyl (C=O) groups is 1. The van der Waals surface area contributed by atoms with Gasteiger partial charge in [0.2, 0.25) is 15.9 Å². The number of nitrogens with one attached hydrogen (secondary N) is 1. The van der Waals surface area contributed by atoms with Gasteiger partial charge in [-0.25, -0.2) is 17.5 Å². The highest BCUT2D eigenvalue weighted by atomic mass is 32.2. The fraction of sp³-hybridized carbons (Fsp3) is 0.562. The molecule has 0 spiro atoms. The first-order valence-corrected chi connectivity index (χ1v) is 9.42. The third kappa shape index (κ3) is 5.00. The van der Waals surface area contributed by atoms with Crippen molar-refractivity contribution in [3.8, 4) is 0 Å². The number of hydrogen-bond donors (Lipinski definition) is 1. The number of aryl methyl sites for hydroxylation is 1. The Kier molecular flexibility index (Phi) is 6.12. The maximum Gasteiger partial charge on any atom is 0.240 e. The van der Waals surface area contributed by atoms with E-state index < -0.39 is 15.8 Å². The van der Waals surface area contributed by atoms with Gasteiger partial charge in [-0.15, -0.1) is 0 Å². The lowest BCUT2D eigenvalue weighted by Crippen LogP contribution is -2.34. The number of likely N-dealkylation sites (tertiary alicyclic amines) is 1. The molecule has 0 radical (unpaired) electrons. The zero-order chi connectivity index (χ0) is 16.9. The number of sulfonamides is 1. The van der Waals surface area contributed by atoms with Gasteiger partial charge >= 0.3 is 0 Å². The molecule has 7 heteroatoms. The molecule has 1 aromatic carbocycles. The minimum absolute atomic E-state index is 0.0386. The normalized spacial score (nSPS) is 16.4. The molecule has 0 atom stereocenters. The minimum Gasteiger partial charge on any atom is -0.343 e. The van der Waals surface area contributed by atoms with Crippen LogP contribution in [0, 0.1) is 12.7 Å². The van der Waals surface area contributed by atoms with Crippen molar-refractivity contribution in [1.29, 1.82) is 0 Å². The lowest BCUT2D eigenvalue weighted by Gasteiger charge is -2.20. The summed E-state index contributed by atoms with van der Waals surface area (Å²) in [6, 6.07) is 3.70. The van der Waals surface area contributed by atoms with Gasteiger partial charge in [0.15, 0.2) is 0 Å². The molecular formula is C16H23FN2O3S. The van der Waals surface area contributed by atoms with Gasteiger partial charge in [0, 0.05) is 26.1 Å². The molecule has 0 aliphatic carbocycles. The highest BCUT2D eigenvalue weighted by Crippen LogP contribution is 2.16. The molecule has 0 unspecified atom stereocenters. The molecule has 0 bridgehead atoms. The Labute approximate surface area is 136 Å². The second-order valence-corrected chi connectivity index (χ2v) is 7.59. The Morgan fingerprint density at radius 1 is 1.26 bits per heavy atom. The Hall–Kier alpha value is -1.47. The smallest absolute Gasteiger partial charge is 0.240 e. The number of halogens is 1. The molecule has 5 nitrogen and oxygen atoms in total. The fourth-order valence-corrected chi connectivity index (χ4v) is 4.02. The Morgan fingerprint density at radius 3 is 2.83 bits per heavy atom. The van der Waals surface area contributed by atoms with Gasteiger partial charge in [-0.2, -0.15) is 0 Å². The van der Waals surface area contributed by atoms with Gasteiger partial charge in [0.1, 0.15) is 5.82 Å². The predicted octanol–water partition coefficient (Wildman–Crippen LogP) is 2.21. The summed E-state index contributed by atoms with van der Waals surface area (Å²) in [4.78, 5) is 13.6. The summed E-state index contributed by atoms with van der Waals surface area (Å²) < 4.78 is 40.2. The number of rotatable bonds is 6. The molecule has 2 rings (SSSR count). The minimum atomic E-state index is -3.73. The second-order valence-electron chi connectivity index (χ2n) is 5.85. The number of nitrogens with zero attached hydrogens (tertiary/aromatic N) is 1. The summed E-state index contributed by atoms with van der Waals surface area (Å²) in [5.74, 6) is -0.433. The molecule has 1 heterocycles. The van der Waals surface area contributed by atoms with Crippen molar-refractivity contribution in [1.82, 2.24) is 9.62 Å². The molecule has 0 aromatic heterocycles. The summed E-state index contributed by atoms with van der Waals surface area (Å²) in [6.07, 6.45) is 4.11. The highest BCUT2D eigenvalue weighted by Gasteiger charge is 2.19. The molecule has 1 aliphatic heterocycles. The average molecular weight is 342 g/mol. The molecule has 0 saturated carbocycles. The maximum atomic E-state index is 13.3. The summed E-state index contributed by atoms with van der Waals surface area (Å²) in [5, 5.41) is 0. The topological polar surface area (TPSA) is 66.5 Å². The summed E-state index contributed by atoms with van der Waals surface area (Å²) in [6.45, 7) is 3.14. The van der Waals surface area contributed by atoms with Crippen LogP contribution >= 0.6 is 0 Å². The van der Waals surface area contributed by atoms with Crippen molar-refractivity contribution in [2.24, 2.45) is 0 Å².